The lowest BCUT2D eigenvalue weighted by atomic mass is 10.2. The molecule has 0 atom stereocenters. The van der Waals surface area contributed by atoms with Gasteiger partial charge in [-0.05, 0) is 32.0 Å². The van der Waals surface area contributed by atoms with Crippen LogP contribution in [0.1, 0.15) is 32.2 Å². The van der Waals surface area contributed by atoms with Crippen LogP contribution in [-0.4, -0.2) is 32.2 Å². The second kappa shape index (κ2) is 5.43. The maximum atomic E-state index is 12.1. The first-order chi connectivity index (χ1) is 9.47. The van der Waals surface area contributed by atoms with Crippen molar-refractivity contribution in [2.24, 2.45) is 0 Å². The summed E-state index contributed by atoms with van der Waals surface area (Å²) >= 11 is 0. The summed E-state index contributed by atoms with van der Waals surface area (Å²) in [5.41, 5.74) is 1.35. The second-order valence-corrected chi connectivity index (χ2v) is 4.15. The highest BCUT2D eigenvalue weighted by atomic mass is 16.4. The number of amides is 1. The molecule has 7 nitrogen and oxygen atoms in total. The third kappa shape index (κ3) is 2.94. The summed E-state index contributed by atoms with van der Waals surface area (Å²) in [6, 6.07) is 5.98. The van der Waals surface area contributed by atoms with Crippen LogP contribution in [0.2, 0.25) is 0 Å². The highest BCUT2D eigenvalue weighted by molar-refractivity contribution is 6.04. The van der Waals surface area contributed by atoms with E-state index in [-0.39, 0.29) is 11.5 Å². The quantitative estimate of drug-likeness (QED) is 0.875. The number of nitrogens with zero attached hydrogens (tertiary/aromatic N) is 3. The first kappa shape index (κ1) is 13.6. The normalized spacial score (nSPS) is 10.1. The maximum Gasteiger partial charge on any atom is 0.354 e. The summed E-state index contributed by atoms with van der Waals surface area (Å²) in [7, 11) is 0. The van der Waals surface area contributed by atoms with Crippen LogP contribution in [0.15, 0.2) is 24.3 Å². The van der Waals surface area contributed by atoms with Crippen molar-refractivity contribution in [1.29, 1.82) is 0 Å². The van der Waals surface area contributed by atoms with Gasteiger partial charge in [-0.2, -0.15) is 10.2 Å². The lowest BCUT2D eigenvalue weighted by molar-refractivity contribution is 0.0690. The van der Waals surface area contributed by atoms with Crippen molar-refractivity contribution in [2.75, 3.05) is 5.32 Å². The molecule has 2 aromatic rings. The number of hydrogen-bond donors (Lipinski definition) is 2. The fourth-order valence-electron chi connectivity index (χ4n) is 1.59. The number of anilines is 1. The Labute approximate surface area is 114 Å². The van der Waals surface area contributed by atoms with Crippen LogP contribution in [0, 0.1) is 13.8 Å². The van der Waals surface area contributed by atoms with E-state index in [4.69, 9.17) is 5.11 Å². The van der Waals surface area contributed by atoms with Crippen molar-refractivity contribution in [1.82, 2.24) is 15.2 Å². The number of carbonyl (C=O) groups is 2. The van der Waals surface area contributed by atoms with Crippen LogP contribution in [-0.2, 0) is 0 Å². The summed E-state index contributed by atoms with van der Waals surface area (Å²) in [5.74, 6) is -1.39. The number of carboxylic acid groups (broad SMARTS) is 1. The average Bonchev–Trinajstić information content (AvgIpc) is 2.41. The zero-order valence-corrected chi connectivity index (χ0v) is 10.9. The molecule has 102 valence electrons. The molecular formula is C13H12N4O3. The molecule has 2 rings (SSSR count). The van der Waals surface area contributed by atoms with Gasteiger partial charge in [-0.3, -0.25) is 4.79 Å². The Balaban J connectivity index is 2.25. The number of pyridine rings is 1. The van der Waals surface area contributed by atoms with Crippen molar-refractivity contribution in [3.8, 4) is 0 Å². The Morgan fingerprint density at radius 1 is 1.20 bits per heavy atom. The van der Waals surface area contributed by atoms with Gasteiger partial charge in [-0.15, -0.1) is 0 Å². The molecule has 0 saturated heterocycles. The molecule has 2 N–H and O–H groups in total. The Morgan fingerprint density at radius 3 is 2.65 bits per heavy atom. The number of nitrogens with one attached hydrogen (secondary N) is 1. The number of aromatic carboxylic acids is 1. The minimum absolute atomic E-state index is 0.136. The van der Waals surface area contributed by atoms with Crippen LogP contribution < -0.4 is 5.32 Å². The number of aryl methyl sites for hydroxylation is 2. The summed E-state index contributed by atoms with van der Waals surface area (Å²) in [5, 5.41) is 19.1. The third-order valence-corrected chi connectivity index (χ3v) is 2.56. The molecule has 2 heterocycles. The number of aromatic nitrogens is 3. The molecule has 0 bridgehead atoms. The first-order valence-electron chi connectivity index (χ1n) is 5.80. The standard InChI is InChI=1S/C13H12N4O3/c1-7-6-9(8(2)17-16-7)12(18)15-11-5-3-4-10(14-11)13(19)20/h3-6H,1-2H3,(H,19,20)(H,14,15,18). The lowest BCUT2D eigenvalue weighted by Gasteiger charge is -2.07. The van der Waals surface area contributed by atoms with E-state index < -0.39 is 11.9 Å². The van der Waals surface area contributed by atoms with Gasteiger partial charge in [0.2, 0.25) is 0 Å². The van der Waals surface area contributed by atoms with E-state index in [0.717, 1.165) is 0 Å². The van der Waals surface area contributed by atoms with E-state index in [1.54, 1.807) is 19.9 Å². The van der Waals surface area contributed by atoms with Gasteiger partial charge in [0.1, 0.15) is 5.82 Å². The predicted molar refractivity (Wildman–Crippen MR) is 70.7 cm³/mol. The van der Waals surface area contributed by atoms with Crippen LogP contribution in [0.5, 0.6) is 0 Å². The fraction of sp³-hybridized carbons (Fsp3) is 0.154. The van der Waals surface area contributed by atoms with Gasteiger partial charge in [0, 0.05) is 0 Å². The van der Waals surface area contributed by atoms with Gasteiger partial charge in [0.25, 0.3) is 5.91 Å². The van der Waals surface area contributed by atoms with Crippen LogP contribution in [0.25, 0.3) is 0 Å². The number of carboxylic acids is 1. The molecule has 7 heteroatoms. The van der Waals surface area contributed by atoms with E-state index >= 15 is 0 Å². The van der Waals surface area contributed by atoms with E-state index in [2.05, 4.69) is 20.5 Å². The smallest absolute Gasteiger partial charge is 0.354 e. The predicted octanol–water partition coefficient (Wildman–Crippen LogP) is 1.44. The average molecular weight is 272 g/mol. The molecule has 0 aliphatic rings. The first-order valence-corrected chi connectivity index (χ1v) is 5.80. The summed E-state index contributed by atoms with van der Waals surface area (Å²) in [6.45, 7) is 3.40. The Bertz CT molecular complexity index is 685. The van der Waals surface area contributed by atoms with Gasteiger partial charge in [0.15, 0.2) is 5.69 Å². The van der Waals surface area contributed by atoms with Crippen LogP contribution in [0.4, 0.5) is 5.82 Å². The molecule has 0 fully saturated rings. The van der Waals surface area contributed by atoms with Crippen molar-refractivity contribution in [3.05, 3.63) is 46.9 Å². The van der Waals surface area contributed by atoms with E-state index in [1.165, 1.54) is 18.2 Å². The van der Waals surface area contributed by atoms with Crippen molar-refractivity contribution < 1.29 is 14.7 Å². The number of rotatable bonds is 3. The highest BCUT2D eigenvalue weighted by Crippen LogP contribution is 2.10. The zero-order chi connectivity index (χ0) is 14.7. The van der Waals surface area contributed by atoms with Crippen molar-refractivity contribution in [2.45, 2.75) is 13.8 Å². The zero-order valence-electron chi connectivity index (χ0n) is 10.9. The molecule has 0 radical (unpaired) electrons. The summed E-state index contributed by atoms with van der Waals surface area (Å²) in [4.78, 5) is 26.7. The van der Waals surface area contributed by atoms with Gasteiger partial charge < -0.3 is 10.4 Å². The van der Waals surface area contributed by atoms with E-state index in [0.29, 0.717) is 17.0 Å². The fourth-order valence-corrected chi connectivity index (χ4v) is 1.59. The minimum Gasteiger partial charge on any atom is -0.477 e. The van der Waals surface area contributed by atoms with Gasteiger partial charge in [0.05, 0.1) is 17.0 Å². The van der Waals surface area contributed by atoms with Gasteiger partial charge >= 0.3 is 5.97 Å². The van der Waals surface area contributed by atoms with Crippen molar-refractivity contribution in [3.63, 3.8) is 0 Å². The molecule has 0 aliphatic heterocycles. The van der Waals surface area contributed by atoms with Gasteiger partial charge in [-0.1, -0.05) is 6.07 Å². The van der Waals surface area contributed by atoms with Crippen molar-refractivity contribution >= 4 is 17.7 Å². The second-order valence-electron chi connectivity index (χ2n) is 4.15. The molecule has 2 aromatic heterocycles. The Kier molecular flexibility index (Phi) is 3.69. The maximum absolute atomic E-state index is 12.1. The van der Waals surface area contributed by atoms with Crippen LogP contribution >= 0.6 is 0 Å². The topological polar surface area (TPSA) is 105 Å². The minimum atomic E-state index is -1.15. The number of carbonyl (C=O) groups excluding carboxylic acids is 1. The van der Waals surface area contributed by atoms with E-state index in [1.807, 2.05) is 0 Å². The molecule has 20 heavy (non-hydrogen) atoms. The Morgan fingerprint density at radius 2 is 1.95 bits per heavy atom. The van der Waals surface area contributed by atoms with Crippen LogP contribution in [0.3, 0.4) is 0 Å². The Hall–Kier alpha value is -2.83. The molecule has 0 aliphatic carbocycles. The highest BCUT2D eigenvalue weighted by Gasteiger charge is 2.13. The molecule has 0 saturated carbocycles. The summed E-state index contributed by atoms with van der Waals surface area (Å²) < 4.78 is 0. The lowest BCUT2D eigenvalue weighted by Crippen LogP contribution is -2.16. The number of hydrogen-bond acceptors (Lipinski definition) is 5. The third-order valence-electron chi connectivity index (χ3n) is 2.56. The largest absolute Gasteiger partial charge is 0.477 e. The summed E-state index contributed by atoms with van der Waals surface area (Å²) in [6.07, 6.45) is 0. The van der Waals surface area contributed by atoms with E-state index in [9.17, 15) is 9.59 Å². The monoisotopic (exact) mass is 272 g/mol. The SMILES string of the molecule is Cc1cc(C(=O)Nc2cccc(C(=O)O)n2)c(C)nn1. The van der Waals surface area contributed by atoms with Gasteiger partial charge in [-0.25, -0.2) is 9.78 Å². The molecular weight excluding hydrogens is 260 g/mol. The molecule has 0 spiro atoms. The molecule has 0 unspecified atom stereocenters. The molecule has 0 aromatic carbocycles. The molecule has 1 amide bonds.